The topological polar surface area (TPSA) is 246 Å². The standard InChI is InChI=1S/C64H72F6N16O6/c1-41(2)51(63(65,66)67)34-57(87)77-47-8-4-43(5-9-47)28-59(89)86-18-14-82(15-19-86)50-31-54(80-56(33-50)84-22-26-92-27-23-84)46-39-75-62(76-40-46)74-36-42(3)52(64(68,69)70)35-58(88)78-48-10-6-44(7-11-48)29-60(90)85-16-12-81(13-17-85)49-30-53(45-37-72-61(71)73-38-45)79-55(32-49)83-20-24-91-25-21-83/h4-11,30-35,37-42H,12-29,36H2,1-3H3,(H,77,87)(H,78,88)(H2,71,72,73)(H,74,75,76)/b51-34+,52-35-. The number of nitrogens with two attached hydrogens (primary N) is 1. The number of hydrogen-bond acceptors (Lipinski definition) is 18. The van der Waals surface area contributed by atoms with Crippen LogP contribution < -0.4 is 41.3 Å². The van der Waals surface area contributed by atoms with Crippen LogP contribution in [-0.2, 0) is 41.5 Å². The molecule has 28 heteroatoms. The molecule has 1 atom stereocenters. The summed E-state index contributed by atoms with van der Waals surface area (Å²) >= 11 is 0. The predicted octanol–water partition coefficient (Wildman–Crippen LogP) is 7.69. The highest BCUT2D eigenvalue weighted by Gasteiger charge is 2.38. The number of pyridine rings is 2. The molecule has 2 aromatic carbocycles. The summed E-state index contributed by atoms with van der Waals surface area (Å²) in [5.74, 6) is -2.48. The Balaban J connectivity index is 0.706. The van der Waals surface area contributed by atoms with E-state index < -0.39 is 47.1 Å². The summed E-state index contributed by atoms with van der Waals surface area (Å²) in [5.41, 5.74) is 9.92. The highest BCUT2D eigenvalue weighted by atomic mass is 19.4. The second-order valence-electron chi connectivity index (χ2n) is 23.1. The maximum Gasteiger partial charge on any atom is 0.413 e. The van der Waals surface area contributed by atoms with Gasteiger partial charge in [0.1, 0.15) is 11.6 Å². The number of nitrogens with zero attached hydrogens (tertiary/aromatic N) is 12. The minimum Gasteiger partial charge on any atom is -0.378 e. The Bertz CT molecular complexity index is 3600. The second kappa shape index (κ2) is 29.2. The molecule has 4 amide bonds. The van der Waals surface area contributed by atoms with Gasteiger partial charge in [0.05, 0.1) is 50.7 Å². The lowest BCUT2D eigenvalue weighted by Gasteiger charge is -2.37. The van der Waals surface area contributed by atoms with Crippen LogP contribution in [0.4, 0.5) is 72.6 Å². The smallest absolute Gasteiger partial charge is 0.378 e. The average Bonchev–Trinajstić information content (AvgIpc) is 0.834. The minimum absolute atomic E-state index is 0.0573. The molecule has 1 unspecified atom stereocenters. The van der Waals surface area contributed by atoms with E-state index in [9.17, 15) is 45.5 Å². The number of aromatic nitrogens is 6. The van der Waals surface area contributed by atoms with E-state index in [1.54, 1.807) is 58.6 Å². The van der Waals surface area contributed by atoms with Gasteiger partial charge in [0.2, 0.25) is 35.5 Å². The molecule has 4 aliphatic rings. The van der Waals surface area contributed by atoms with Gasteiger partial charge in [-0.1, -0.05) is 45.0 Å². The number of nitrogen functional groups attached to an aromatic ring is 1. The van der Waals surface area contributed by atoms with E-state index in [1.165, 1.54) is 45.3 Å². The van der Waals surface area contributed by atoms with Crippen LogP contribution in [0.5, 0.6) is 0 Å². The molecular formula is C64H72F6N16O6. The Labute approximate surface area is 527 Å². The number of allylic oxidation sites excluding steroid dienone is 1. The number of rotatable bonds is 19. The van der Waals surface area contributed by atoms with E-state index in [-0.39, 0.29) is 54.5 Å². The van der Waals surface area contributed by atoms with Crippen LogP contribution in [0.15, 0.2) is 121 Å². The van der Waals surface area contributed by atoms with Gasteiger partial charge in [-0.2, -0.15) is 26.3 Å². The number of anilines is 8. The molecule has 22 nitrogen and oxygen atoms in total. The highest BCUT2D eigenvalue weighted by Crippen LogP contribution is 2.35. The molecule has 4 saturated heterocycles. The molecule has 6 aromatic rings. The van der Waals surface area contributed by atoms with Crippen molar-refractivity contribution in [1.29, 1.82) is 0 Å². The number of nitrogens with one attached hydrogen (secondary N) is 3. The Morgan fingerprint density at radius 3 is 1.32 bits per heavy atom. The van der Waals surface area contributed by atoms with E-state index >= 15 is 0 Å². The van der Waals surface area contributed by atoms with Crippen LogP contribution in [0.1, 0.15) is 31.9 Å². The number of carbonyl (C=O) groups is 4. The Morgan fingerprint density at radius 1 is 0.533 bits per heavy atom. The van der Waals surface area contributed by atoms with Crippen molar-refractivity contribution in [3.05, 3.63) is 132 Å². The molecule has 4 aliphatic heterocycles. The van der Waals surface area contributed by atoms with E-state index in [2.05, 4.69) is 55.5 Å². The number of halogens is 6. The summed E-state index contributed by atoms with van der Waals surface area (Å²) in [6.07, 6.45) is -1.88. The number of morpholine rings is 2. The molecule has 5 N–H and O–H groups in total. The Morgan fingerprint density at radius 2 is 0.924 bits per heavy atom. The number of ether oxygens (including phenoxy) is 2. The second-order valence-corrected chi connectivity index (χ2v) is 23.1. The van der Waals surface area contributed by atoms with Crippen molar-refractivity contribution >= 4 is 69.9 Å². The molecule has 0 bridgehead atoms. The normalized spacial score (nSPS) is 16.6. The fourth-order valence-corrected chi connectivity index (χ4v) is 11.1. The molecule has 0 aliphatic carbocycles. The van der Waals surface area contributed by atoms with Crippen molar-refractivity contribution in [2.75, 3.05) is 153 Å². The lowest BCUT2D eigenvalue weighted by Crippen LogP contribution is -2.49. The van der Waals surface area contributed by atoms with E-state index in [0.717, 1.165) is 22.8 Å². The van der Waals surface area contributed by atoms with Crippen LogP contribution in [0.2, 0.25) is 0 Å². The Kier molecular flexibility index (Phi) is 20.8. The van der Waals surface area contributed by atoms with Crippen molar-refractivity contribution in [2.24, 2.45) is 11.8 Å². The number of alkyl halides is 6. The predicted molar refractivity (Wildman–Crippen MR) is 337 cm³/mol. The van der Waals surface area contributed by atoms with Crippen molar-refractivity contribution in [3.63, 3.8) is 0 Å². The van der Waals surface area contributed by atoms with E-state index in [1.807, 2.05) is 24.3 Å². The van der Waals surface area contributed by atoms with Gasteiger partial charge in [-0.25, -0.2) is 29.9 Å². The summed E-state index contributed by atoms with van der Waals surface area (Å²) in [6.45, 7) is 12.5. The Hall–Kier alpha value is -9.44. The molecule has 0 radical (unpaired) electrons. The third-order valence-corrected chi connectivity index (χ3v) is 16.3. The fourth-order valence-electron chi connectivity index (χ4n) is 11.1. The molecule has 92 heavy (non-hydrogen) atoms. The number of hydrogen-bond donors (Lipinski definition) is 4. The molecule has 4 fully saturated rings. The summed E-state index contributed by atoms with van der Waals surface area (Å²) in [4.78, 5) is 91.8. The van der Waals surface area contributed by atoms with Crippen molar-refractivity contribution in [1.82, 2.24) is 39.7 Å². The summed E-state index contributed by atoms with van der Waals surface area (Å²) in [5, 5.41) is 7.86. The molecule has 0 saturated carbocycles. The van der Waals surface area contributed by atoms with Gasteiger partial charge in [-0.3, -0.25) is 19.2 Å². The molecule has 4 aromatic heterocycles. The number of piperazine rings is 2. The summed E-state index contributed by atoms with van der Waals surface area (Å²) < 4.78 is 95.1. The number of carbonyl (C=O) groups excluding carboxylic acids is 4. The van der Waals surface area contributed by atoms with Crippen molar-refractivity contribution in [3.8, 4) is 22.5 Å². The SMILES string of the molecule is CC(CNc1ncc(-c2cc(N3CCN(C(=O)Cc4ccc(NC(=O)/C=C(\C(C)C)C(F)(F)F)cc4)CC3)cc(N3CCOCC3)n2)cn1)/C(=C/C(=O)Nc1ccc(CC(=O)N2CCN(c3cc(-c4cnc(N)nc4)nc(N4CCOCC4)c3)CC2)cc1)C(F)(F)F. The molecule has 486 valence electrons. The first kappa shape index (κ1) is 65.5. The first-order valence-corrected chi connectivity index (χ1v) is 30.3. The molecular weight excluding hydrogens is 1200 g/mol. The first-order chi connectivity index (χ1) is 44.1. The molecule has 0 spiro atoms. The van der Waals surface area contributed by atoms with E-state index in [4.69, 9.17) is 25.2 Å². The monoisotopic (exact) mass is 1270 g/mol. The maximum atomic E-state index is 14.6. The van der Waals surface area contributed by atoms with Gasteiger partial charge in [0.25, 0.3) is 0 Å². The summed E-state index contributed by atoms with van der Waals surface area (Å²) in [6, 6.07) is 20.7. The lowest BCUT2D eigenvalue weighted by atomic mass is 10.00. The molecule has 10 rings (SSSR count). The fraction of sp³-hybridized carbons (Fsp3) is 0.406. The highest BCUT2D eigenvalue weighted by molar-refractivity contribution is 6.00. The van der Waals surface area contributed by atoms with Crippen molar-refractivity contribution < 1.29 is 55.0 Å². The zero-order chi connectivity index (χ0) is 65.1. The van der Waals surface area contributed by atoms with Crippen LogP contribution in [-0.4, -0.2) is 187 Å². The maximum absolute atomic E-state index is 14.6. The molecule has 8 heterocycles. The van der Waals surface area contributed by atoms with Crippen LogP contribution in [0, 0.1) is 11.8 Å². The van der Waals surface area contributed by atoms with Crippen LogP contribution >= 0.6 is 0 Å². The van der Waals surface area contributed by atoms with Crippen molar-refractivity contribution in [2.45, 2.75) is 46.0 Å². The lowest BCUT2D eigenvalue weighted by molar-refractivity contribution is -0.131. The van der Waals surface area contributed by atoms with Gasteiger partial charge in [0, 0.05) is 185 Å². The number of amides is 4. The minimum atomic E-state index is -4.85. The summed E-state index contributed by atoms with van der Waals surface area (Å²) in [7, 11) is 0. The number of benzene rings is 2. The van der Waals surface area contributed by atoms with Gasteiger partial charge in [-0.05, 0) is 53.4 Å². The van der Waals surface area contributed by atoms with Crippen LogP contribution in [0.3, 0.4) is 0 Å². The largest absolute Gasteiger partial charge is 0.413 e. The average molecular weight is 1280 g/mol. The third-order valence-electron chi connectivity index (χ3n) is 16.3. The van der Waals surface area contributed by atoms with E-state index in [0.29, 0.717) is 151 Å². The zero-order valence-corrected chi connectivity index (χ0v) is 51.1. The van der Waals surface area contributed by atoms with Gasteiger partial charge < -0.3 is 60.6 Å². The third kappa shape index (κ3) is 17.3. The quantitative estimate of drug-likeness (QED) is 0.0448. The van der Waals surface area contributed by atoms with Gasteiger partial charge in [-0.15, -0.1) is 0 Å². The first-order valence-electron chi connectivity index (χ1n) is 30.3. The van der Waals surface area contributed by atoms with Gasteiger partial charge in [0.15, 0.2) is 0 Å². The van der Waals surface area contributed by atoms with Crippen LogP contribution in [0.25, 0.3) is 22.5 Å². The van der Waals surface area contributed by atoms with Gasteiger partial charge >= 0.3 is 12.4 Å². The zero-order valence-electron chi connectivity index (χ0n) is 51.1.